The summed E-state index contributed by atoms with van der Waals surface area (Å²) < 4.78 is 0. The lowest BCUT2D eigenvalue weighted by atomic mass is 9.86. The summed E-state index contributed by atoms with van der Waals surface area (Å²) in [6.07, 6.45) is 0. The first-order valence-electron chi connectivity index (χ1n) is 9.12. The molecule has 0 spiro atoms. The first-order chi connectivity index (χ1) is 13.5. The molecule has 0 aromatic heterocycles. The Bertz CT molecular complexity index is 1380. The highest BCUT2D eigenvalue weighted by molar-refractivity contribution is 6.36. The quantitative estimate of drug-likeness (QED) is 0.368. The maximum absolute atomic E-state index is 12.9. The molecule has 5 aromatic rings. The zero-order valence-corrected chi connectivity index (χ0v) is 15.6. The van der Waals surface area contributed by atoms with Crippen molar-refractivity contribution < 1.29 is 9.59 Å². The van der Waals surface area contributed by atoms with Gasteiger partial charge in [0.25, 0.3) is 5.91 Å². The number of carbonyl (C=O) groups is 2. The summed E-state index contributed by atoms with van der Waals surface area (Å²) in [5.41, 5.74) is 6.56. The summed E-state index contributed by atoms with van der Waals surface area (Å²) in [5, 5.41) is 8.16. The molecule has 28 heavy (non-hydrogen) atoms. The predicted molar refractivity (Wildman–Crippen MR) is 114 cm³/mol. The van der Waals surface area contributed by atoms with E-state index in [4.69, 9.17) is 5.73 Å². The molecule has 0 aliphatic rings. The summed E-state index contributed by atoms with van der Waals surface area (Å²) in [7, 11) is 3.41. The summed E-state index contributed by atoms with van der Waals surface area (Å²) in [6, 6.07) is 19.9. The second-order valence-corrected chi connectivity index (χ2v) is 7.34. The summed E-state index contributed by atoms with van der Waals surface area (Å²) in [6.45, 7) is 0. The van der Waals surface area contributed by atoms with Gasteiger partial charge in [0.15, 0.2) is 0 Å². The Balaban J connectivity index is 2.13. The van der Waals surface area contributed by atoms with Crippen molar-refractivity contribution in [1.29, 1.82) is 0 Å². The molecule has 4 heteroatoms. The van der Waals surface area contributed by atoms with E-state index in [-0.39, 0.29) is 5.91 Å². The zero-order valence-electron chi connectivity index (χ0n) is 15.6. The van der Waals surface area contributed by atoms with Crippen LogP contribution >= 0.6 is 0 Å². The van der Waals surface area contributed by atoms with Crippen LogP contribution in [-0.4, -0.2) is 30.8 Å². The molecule has 0 saturated heterocycles. The van der Waals surface area contributed by atoms with E-state index < -0.39 is 5.91 Å². The standard InChI is InChI=1S/C24H18N2O2/c1-26(2)24(28)19-12-10-17-15-8-4-6-13-5-3-7-14(20(13)15)16-9-11-18(23(25)27)22(19)21(16)17/h3-12H,1-2H3,(H2,25,27). The number of benzene rings is 5. The van der Waals surface area contributed by atoms with Gasteiger partial charge in [0.05, 0.1) is 0 Å². The molecular weight excluding hydrogens is 348 g/mol. The molecule has 0 bridgehead atoms. The Morgan fingerprint density at radius 2 is 1.21 bits per heavy atom. The van der Waals surface area contributed by atoms with Gasteiger partial charge in [0.2, 0.25) is 5.91 Å². The highest BCUT2D eigenvalue weighted by Gasteiger charge is 2.22. The van der Waals surface area contributed by atoms with Crippen LogP contribution in [0, 0.1) is 0 Å². The van der Waals surface area contributed by atoms with Gasteiger partial charge in [-0.25, -0.2) is 0 Å². The van der Waals surface area contributed by atoms with Gasteiger partial charge in [-0.1, -0.05) is 48.5 Å². The van der Waals surface area contributed by atoms with Gasteiger partial charge in [-0.3, -0.25) is 9.59 Å². The van der Waals surface area contributed by atoms with Crippen molar-refractivity contribution in [3.05, 3.63) is 71.8 Å². The average Bonchev–Trinajstić information content (AvgIpc) is 2.70. The Labute approximate surface area is 161 Å². The largest absolute Gasteiger partial charge is 0.366 e. The van der Waals surface area contributed by atoms with Crippen molar-refractivity contribution in [2.75, 3.05) is 14.1 Å². The van der Waals surface area contributed by atoms with Crippen LogP contribution in [0.4, 0.5) is 0 Å². The van der Waals surface area contributed by atoms with Crippen LogP contribution in [0.15, 0.2) is 60.7 Å². The lowest BCUT2D eigenvalue weighted by molar-refractivity contribution is 0.0829. The monoisotopic (exact) mass is 366 g/mol. The highest BCUT2D eigenvalue weighted by atomic mass is 16.2. The molecule has 0 saturated carbocycles. The van der Waals surface area contributed by atoms with Gasteiger partial charge in [-0.15, -0.1) is 0 Å². The minimum absolute atomic E-state index is 0.150. The molecule has 5 rings (SSSR count). The van der Waals surface area contributed by atoms with Gasteiger partial charge in [0.1, 0.15) is 0 Å². The van der Waals surface area contributed by atoms with Crippen LogP contribution in [0.2, 0.25) is 0 Å². The van der Waals surface area contributed by atoms with Crippen molar-refractivity contribution in [3.63, 3.8) is 0 Å². The SMILES string of the molecule is CN(C)C(=O)c1ccc2c3cccc4cccc(c5ccc(C(N)=O)c1c52)c43. The molecule has 0 heterocycles. The van der Waals surface area contributed by atoms with E-state index >= 15 is 0 Å². The number of nitrogens with zero attached hydrogens (tertiary/aromatic N) is 1. The van der Waals surface area contributed by atoms with Gasteiger partial charge in [-0.2, -0.15) is 0 Å². The van der Waals surface area contributed by atoms with Crippen LogP contribution < -0.4 is 5.73 Å². The van der Waals surface area contributed by atoms with Crippen LogP contribution in [0.1, 0.15) is 20.7 Å². The number of fused-ring (bicyclic) bond motifs is 2. The number of hydrogen-bond donors (Lipinski definition) is 1. The molecule has 136 valence electrons. The number of primary amides is 1. The molecule has 2 N–H and O–H groups in total. The molecule has 0 radical (unpaired) electrons. The Morgan fingerprint density at radius 1 is 0.679 bits per heavy atom. The Hall–Kier alpha value is -3.66. The molecular formula is C24H18N2O2. The van der Waals surface area contributed by atoms with Crippen molar-refractivity contribution in [2.45, 2.75) is 0 Å². The molecule has 5 aromatic carbocycles. The predicted octanol–water partition coefficient (Wildman–Crippen LogP) is 4.54. The summed E-state index contributed by atoms with van der Waals surface area (Å²) in [4.78, 5) is 26.6. The highest BCUT2D eigenvalue weighted by Crippen LogP contribution is 2.42. The first kappa shape index (κ1) is 16.5. The van der Waals surface area contributed by atoms with Crippen LogP contribution in [0.3, 0.4) is 0 Å². The number of amides is 2. The second-order valence-electron chi connectivity index (χ2n) is 7.34. The minimum Gasteiger partial charge on any atom is -0.366 e. The van der Waals surface area contributed by atoms with Gasteiger partial charge in [-0.05, 0) is 49.8 Å². The van der Waals surface area contributed by atoms with E-state index in [9.17, 15) is 9.59 Å². The second kappa shape index (κ2) is 5.67. The minimum atomic E-state index is -0.534. The van der Waals surface area contributed by atoms with Gasteiger partial charge in [0, 0.05) is 30.6 Å². The number of hydrogen-bond acceptors (Lipinski definition) is 2. The fourth-order valence-electron chi connectivity index (χ4n) is 4.36. The summed E-state index contributed by atoms with van der Waals surface area (Å²) in [5.74, 6) is -0.683. The van der Waals surface area contributed by atoms with Crippen LogP contribution in [-0.2, 0) is 0 Å². The van der Waals surface area contributed by atoms with E-state index in [1.165, 1.54) is 15.7 Å². The van der Waals surface area contributed by atoms with Crippen molar-refractivity contribution in [1.82, 2.24) is 4.90 Å². The van der Waals surface area contributed by atoms with Crippen LogP contribution in [0.25, 0.3) is 43.1 Å². The third-order valence-electron chi connectivity index (χ3n) is 5.55. The Kier molecular flexibility index (Phi) is 3.34. The van der Waals surface area contributed by atoms with Crippen molar-refractivity contribution in [3.8, 4) is 0 Å². The maximum atomic E-state index is 12.9. The lowest BCUT2D eigenvalue weighted by Crippen LogP contribution is -2.23. The van der Waals surface area contributed by atoms with Crippen LogP contribution in [0.5, 0.6) is 0 Å². The number of nitrogens with two attached hydrogens (primary N) is 1. The third kappa shape index (κ3) is 2.06. The molecule has 2 amide bonds. The first-order valence-corrected chi connectivity index (χ1v) is 9.12. The summed E-state index contributed by atoms with van der Waals surface area (Å²) >= 11 is 0. The van der Waals surface area contributed by atoms with Gasteiger partial charge < -0.3 is 10.6 Å². The number of rotatable bonds is 2. The van der Waals surface area contributed by atoms with Crippen molar-refractivity contribution >= 4 is 54.9 Å². The zero-order chi connectivity index (χ0) is 19.6. The fourth-order valence-corrected chi connectivity index (χ4v) is 4.36. The third-order valence-corrected chi connectivity index (χ3v) is 5.55. The van der Waals surface area contributed by atoms with E-state index in [0.29, 0.717) is 16.5 Å². The molecule has 0 aliphatic heterocycles. The smallest absolute Gasteiger partial charge is 0.253 e. The average molecular weight is 366 g/mol. The van der Waals surface area contributed by atoms with E-state index in [1.54, 1.807) is 20.2 Å². The fraction of sp³-hybridized carbons (Fsp3) is 0.0833. The Morgan fingerprint density at radius 3 is 1.75 bits per heavy atom. The molecule has 4 nitrogen and oxygen atoms in total. The topological polar surface area (TPSA) is 63.4 Å². The van der Waals surface area contributed by atoms with E-state index in [0.717, 1.165) is 26.9 Å². The molecule has 0 atom stereocenters. The van der Waals surface area contributed by atoms with E-state index in [2.05, 4.69) is 24.3 Å². The van der Waals surface area contributed by atoms with E-state index in [1.807, 2.05) is 30.3 Å². The van der Waals surface area contributed by atoms with Crippen molar-refractivity contribution in [2.24, 2.45) is 5.73 Å². The molecule has 0 unspecified atom stereocenters. The normalized spacial score (nSPS) is 11.6. The van der Waals surface area contributed by atoms with Gasteiger partial charge >= 0.3 is 0 Å². The maximum Gasteiger partial charge on any atom is 0.253 e. The molecule has 0 fully saturated rings. The number of carbonyl (C=O) groups excluding carboxylic acids is 2. The molecule has 0 aliphatic carbocycles. The lowest BCUT2D eigenvalue weighted by Gasteiger charge is -2.19.